The third-order valence-corrected chi connectivity index (χ3v) is 4.30. The molecule has 2 aromatic rings. The zero-order valence-corrected chi connectivity index (χ0v) is 13.6. The maximum atomic E-state index is 12.3. The Bertz CT molecular complexity index is 781. The number of primary amides is 1. The van der Waals surface area contributed by atoms with Gasteiger partial charge in [0.2, 0.25) is 0 Å². The lowest BCUT2D eigenvalue weighted by atomic mass is 10.3. The average molecular weight is 338 g/mol. The van der Waals surface area contributed by atoms with Crippen LogP contribution in [0.5, 0.6) is 5.75 Å². The number of aromatic nitrogens is 2. The van der Waals surface area contributed by atoms with Gasteiger partial charge in [-0.15, -0.1) is 0 Å². The van der Waals surface area contributed by atoms with Crippen molar-refractivity contribution < 1.29 is 17.9 Å². The number of nitrogens with two attached hydrogens (primary N) is 1. The minimum Gasteiger partial charge on any atom is -0.484 e. The normalized spacial score (nSPS) is 11.4. The summed E-state index contributed by atoms with van der Waals surface area (Å²) >= 11 is 0. The molecule has 124 valence electrons. The van der Waals surface area contributed by atoms with Crippen LogP contribution in [0.4, 0.5) is 5.69 Å². The number of anilines is 1. The number of rotatable bonds is 7. The molecule has 0 bridgehead atoms. The summed E-state index contributed by atoms with van der Waals surface area (Å²) in [4.78, 5) is 10.7. The Morgan fingerprint density at radius 3 is 2.52 bits per heavy atom. The van der Waals surface area contributed by atoms with E-state index in [1.54, 1.807) is 10.9 Å². The molecule has 9 heteroatoms. The third kappa shape index (κ3) is 4.46. The van der Waals surface area contributed by atoms with E-state index < -0.39 is 15.9 Å². The van der Waals surface area contributed by atoms with Crippen molar-refractivity contribution in [3.63, 3.8) is 0 Å². The lowest BCUT2D eigenvalue weighted by molar-refractivity contribution is -0.119. The lowest BCUT2D eigenvalue weighted by Crippen LogP contribution is -2.20. The van der Waals surface area contributed by atoms with E-state index in [1.807, 2.05) is 13.8 Å². The molecule has 0 atom stereocenters. The number of nitrogens with one attached hydrogen (secondary N) is 1. The molecule has 0 aliphatic carbocycles. The summed E-state index contributed by atoms with van der Waals surface area (Å²) in [7, 11) is -3.72. The Hall–Kier alpha value is -2.55. The number of benzene rings is 1. The summed E-state index contributed by atoms with van der Waals surface area (Å²) in [6, 6.07) is 5.80. The van der Waals surface area contributed by atoms with Crippen LogP contribution in [0.15, 0.2) is 41.6 Å². The van der Waals surface area contributed by atoms with Crippen LogP contribution < -0.4 is 15.2 Å². The van der Waals surface area contributed by atoms with E-state index in [9.17, 15) is 13.2 Å². The van der Waals surface area contributed by atoms with E-state index in [4.69, 9.17) is 10.5 Å². The number of ether oxygens (including phenoxy) is 1. The summed E-state index contributed by atoms with van der Waals surface area (Å²) in [6.07, 6.45) is 3.06. The van der Waals surface area contributed by atoms with Gasteiger partial charge in [0.05, 0.1) is 16.8 Å². The highest BCUT2D eigenvalue weighted by atomic mass is 32.2. The fraction of sp³-hybridized carbons (Fsp3) is 0.286. The first-order valence-corrected chi connectivity index (χ1v) is 8.34. The van der Waals surface area contributed by atoms with Crippen molar-refractivity contribution in [2.75, 3.05) is 11.3 Å². The number of carbonyl (C=O) groups excluding carboxylic acids is 1. The van der Waals surface area contributed by atoms with Gasteiger partial charge in [-0.05, 0) is 38.1 Å². The molecule has 0 saturated carbocycles. The van der Waals surface area contributed by atoms with Crippen LogP contribution in [0.1, 0.15) is 19.9 Å². The highest BCUT2D eigenvalue weighted by Crippen LogP contribution is 2.19. The molecule has 3 N–H and O–H groups in total. The van der Waals surface area contributed by atoms with Crippen molar-refractivity contribution >= 4 is 21.6 Å². The zero-order chi connectivity index (χ0) is 17.0. The van der Waals surface area contributed by atoms with Crippen LogP contribution in [0.3, 0.4) is 0 Å². The number of sulfonamides is 1. The quantitative estimate of drug-likeness (QED) is 0.785. The molecule has 23 heavy (non-hydrogen) atoms. The van der Waals surface area contributed by atoms with Crippen LogP contribution in [0.25, 0.3) is 0 Å². The summed E-state index contributed by atoms with van der Waals surface area (Å²) in [5, 5.41) is 4.07. The fourth-order valence-corrected chi connectivity index (χ4v) is 2.78. The molecular weight excluding hydrogens is 320 g/mol. The van der Waals surface area contributed by atoms with Gasteiger partial charge in [-0.2, -0.15) is 5.10 Å². The molecule has 1 aromatic heterocycles. The van der Waals surface area contributed by atoms with Gasteiger partial charge in [0.25, 0.3) is 15.9 Å². The molecule has 1 heterocycles. The van der Waals surface area contributed by atoms with Crippen LogP contribution in [0.2, 0.25) is 0 Å². The van der Waals surface area contributed by atoms with E-state index >= 15 is 0 Å². The third-order valence-electron chi connectivity index (χ3n) is 2.90. The van der Waals surface area contributed by atoms with E-state index in [2.05, 4.69) is 9.82 Å². The molecule has 1 amide bonds. The van der Waals surface area contributed by atoms with Crippen molar-refractivity contribution in [2.45, 2.75) is 24.8 Å². The van der Waals surface area contributed by atoms with Crippen molar-refractivity contribution in [1.82, 2.24) is 9.78 Å². The highest BCUT2D eigenvalue weighted by molar-refractivity contribution is 7.92. The second-order valence-corrected chi connectivity index (χ2v) is 6.82. The predicted octanol–water partition coefficient (Wildman–Crippen LogP) is 1.13. The van der Waals surface area contributed by atoms with E-state index in [0.29, 0.717) is 11.4 Å². The van der Waals surface area contributed by atoms with Gasteiger partial charge in [-0.3, -0.25) is 14.2 Å². The highest BCUT2D eigenvalue weighted by Gasteiger charge is 2.15. The number of amides is 1. The Labute approximate surface area is 134 Å². The Balaban J connectivity index is 2.10. The molecule has 0 aliphatic heterocycles. The number of nitrogens with zero attached hydrogens (tertiary/aromatic N) is 2. The topological polar surface area (TPSA) is 116 Å². The Morgan fingerprint density at radius 2 is 2.00 bits per heavy atom. The largest absolute Gasteiger partial charge is 0.484 e. The minimum absolute atomic E-state index is 0.0706. The van der Waals surface area contributed by atoms with Crippen molar-refractivity contribution in [3.05, 3.63) is 36.7 Å². The van der Waals surface area contributed by atoms with Crippen molar-refractivity contribution in [2.24, 2.45) is 5.73 Å². The molecular formula is C14H18N4O4S. The monoisotopic (exact) mass is 338 g/mol. The summed E-state index contributed by atoms with van der Waals surface area (Å²) in [5.74, 6) is -0.249. The maximum Gasteiger partial charge on any atom is 0.261 e. The zero-order valence-electron chi connectivity index (χ0n) is 12.8. The van der Waals surface area contributed by atoms with Crippen LogP contribution in [-0.4, -0.2) is 30.7 Å². The lowest BCUT2D eigenvalue weighted by Gasteiger charge is -2.08. The van der Waals surface area contributed by atoms with Crippen LogP contribution >= 0.6 is 0 Å². The molecule has 0 unspecified atom stereocenters. The van der Waals surface area contributed by atoms with E-state index in [1.165, 1.54) is 30.5 Å². The number of hydrogen-bond donors (Lipinski definition) is 2. The standard InChI is InChI=1S/C14H18N4O4S/c1-10(2)18-8-11(7-16-18)17-23(20,21)13-5-3-12(4-6-13)22-9-14(15)19/h3-8,10,17H,9H2,1-2H3,(H2,15,19). The molecule has 1 aromatic carbocycles. The van der Waals surface area contributed by atoms with E-state index in [0.717, 1.165) is 0 Å². The SMILES string of the molecule is CC(C)n1cc(NS(=O)(=O)c2ccc(OCC(N)=O)cc2)cn1. The molecule has 0 aliphatic rings. The predicted molar refractivity (Wildman–Crippen MR) is 84.6 cm³/mol. The summed E-state index contributed by atoms with van der Waals surface area (Å²) in [5.41, 5.74) is 5.35. The van der Waals surface area contributed by atoms with Gasteiger partial charge in [-0.25, -0.2) is 8.42 Å². The van der Waals surface area contributed by atoms with Crippen molar-refractivity contribution in [1.29, 1.82) is 0 Å². The molecule has 0 fully saturated rings. The van der Waals surface area contributed by atoms with Gasteiger partial charge < -0.3 is 10.5 Å². The molecule has 8 nitrogen and oxygen atoms in total. The molecule has 2 rings (SSSR count). The smallest absolute Gasteiger partial charge is 0.261 e. The first kappa shape index (κ1) is 16.8. The first-order chi connectivity index (χ1) is 10.8. The van der Waals surface area contributed by atoms with Gasteiger partial charge in [0.1, 0.15) is 5.75 Å². The summed E-state index contributed by atoms with van der Waals surface area (Å²) in [6.45, 7) is 3.62. The van der Waals surface area contributed by atoms with Gasteiger partial charge in [0, 0.05) is 12.2 Å². The van der Waals surface area contributed by atoms with Crippen LogP contribution in [0, 0.1) is 0 Å². The fourth-order valence-electron chi connectivity index (χ4n) is 1.76. The van der Waals surface area contributed by atoms with Gasteiger partial charge in [0.15, 0.2) is 6.61 Å². The van der Waals surface area contributed by atoms with Crippen LogP contribution in [-0.2, 0) is 14.8 Å². The minimum atomic E-state index is -3.72. The molecule has 0 saturated heterocycles. The Morgan fingerprint density at radius 1 is 1.35 bits per heavy atom. The molecule has 0 spiro atoms. The summed E-state index contributed by atoms with van der Waals surface area (Å²) < 4.78 is 33.8. The second-order valence-electron chi connectivity index (χ2n) is 5.13. The number of carbonyl (C=O) groups is 1. The Kier molecular flexibility index (Phi) is 4.89. The first-order valence-electron chi connectivity index (χ1n) is 6.86. The van der Waals surface area contributed by atoms with Gasteiger partial charge in [-0.1, -0.05) is 0 Å². The average Bonchev–Trinajstić information content (AvgIpc) is 2.93. The second kappa shape index (κ2) is 6.69. The maximum absolute atomic E-state index is 12.3. The van der Waals surface area contributed by atoms with Crippen molar-refractivity contribution in [3.8, 4) is 5.75 Å². The number of hydrogen-bond acceptors (Lipinski definition) is 5. The molecule has 0 radical (unpaired) electrons. The van der Waals surface area contributed by atoms with E-state index in [-0.39, 0.29) is 17.5 Å². The van der Waals surface area contributed by atoms with Gasteiger partial charge >= 0.3 is 0 Å².